The number of ether oxygens (including phenoxy) is 1. The fourth-order valence-corrected chi connectivity index (χ4v) is 9.41. The second kappa shape index (κ2) is 54.5. The summed E-state index contributed by atoms with van der Waals surface area (Å²) < 4.78 is 5.47. The maximum absolute atomic E-state index is 12.4. The number of hydrogen-bond donors (Lipinski definition) is 3. The molecule has 0 aromatic carbocycles. The number of aliphatic hydroxyl groups is 2. The minimum Gasteiger partial charge on any atom is -0.466 e. The molecule has 0 aromatic rings. The van der Waals surface area contributed by atoms with E-state index in [1.807, 2.05) is 0 Å². The van der Waals surface area contributed by atoms with Gasteiger partial charge in [0.1, 0.15) is 0 Å². The fourth-order valence-electron chi connectivity index (χ4n) is 9.41. The van der Waals surface area contributed by atoms with Gasteiger partial charge in [-0.05, 0) is 25.7 Å². The van der Waals surface area contributed by atoms with E-state index in [2.05, 4.69) is 19.2 Å². The van der Waals surface area contributed by atoms with Crippen LogP contribution in [-0.4, -0.2) is 47.4 Å². The van der Waals surface area contributed by atoms with Crippen LogP contribution in [0.25, 0.3) is 0 Å². The van der Waals surface area contributed by atoms with Crippen LogP contribution in [-0.2, 0) is 14.3 Å². The summed E-state index contributed by atoms with van der Waals surface area (Å²) in [6.07, 6.45) is 62.6. The SMILES string of the molecule is CCCCCCCCCCCCCC(=O)OCCCCCCCCCCCCCCCCCCCCCCCCCCCCCC(=O)NC(CO)C(O)CCCCCCCCCCC. The zero-order valence-corrected chi connectivity index (χ0v) is 43.5. The molecule has 64 heavy (non-hydrogen) atoms. The third kappa shape index (κ3) is 50.3. The van der Waals surface area contributed by atoms with Crippen LogP contribution in [0.2, 0.25) is 0 Å². The number of rotatable bonds is 55. The van der Waals surface area contributed by atoms with Gasteiger partial charge in [-0.15, -0.1) is 0 Å². The Morgan fingerprint density at radius 1 is 0.375 bits per heavy atom. The van der Waals surface area contributed by atoms with Crippen molar-refractivity contribution in [1.29, 1.82) is 0 Å². The van der Waals surface area contributed by atoms with E-state index in [0.717, 1.165) is 38.5 Å². The quantitative estimate of drug-likeness (QED) is 0.0417. The summed E-state index contributed by atoms with van der Waals surface area (Å²) in [5, 5.41) is 23.1. The second-order valence-electron chi connectivity index (χ2n) is 20.3. The molecule has 6 nitrogen and oxygen atoms in total. The van der Waals surface area contributed by atoms with Crippen LogP contribution in [0.4, 0.5) is 0 Å². The first-order chi connectivity index (χ1) is 31.5. The van der Waals surface area contributed by atoms with Gasteiger partial charge in [0.15, 0.2) is 0 Å². The minimum absolute atomic E-state index is 0.0182. The summed E-state index contributed by atoms with van der Waals surface area (Å²) in [5.74, 6) is -0.0148. The Hall–Kier alpha value is -1.14. The Labute approximate surface area is 400 Å². The van der Waals surface area contributed by atoms with Crippen LogP contribution in [0.15, 0.2) is 0 Å². The second-order valence-corrected chi connectivity index (χ2v) is 20.3. The molecule has 0 heterocycles. The number of carbonyl (C=O) groups excluding carboxylic acids is 2. The molecular weight excluding hydrogens is 791 g/mol. The van der Waals surface area contributed by atoms with E-state index in [0.29, 0.717) is 25.9 Å². The van der Waals surface area contributed by atoms with Gasteiger partial charge in [-0.3, -0.25) is 9.59 Å². The molecule has 0 saturated carbocycles. The Morgan fingerprint density at radius 3 is 0.953 bits per heavy atom. The molecule has 0 aliphatic heterocycles. The summed E-state index contributed by atoms with van der Waals surface area (Å²) >= 11 is 0. The van der Waals surface area contributed by atoms with Crippen molar-refractivity contribution in [3.8, 4) is 0 Å². The molecule has 0 spiro atoms. The van der Waals surface area contributed by atoms with Gasteiger partial charge < -0.3 is 20.3 Å². The average Bonchev–Trinajstić information content (AvgIpc) is 3.29. The van der Waals surface area contributed by atoms with E-state index in [1.165, 1.54) is 263 Å². The van der Waals surface area contributed by atoms with Gasteiger partial charge in [0.25, 0.3) is 0 Å². The van der Waals surface area contributed by atoms with E-state index >= 15 is 0 Å². The Balaban J connectivity index is 3.30. The van der Waals surface area contributed by atoms with E-state index in [9.17, 15) is 19.8 Å². The number of aliphatic hydroxyl groups excluding tert-OH is 2. The number of hydrogen-bond acceptors (Lipinski definition) is 5. The molecule has 0 radical (unpaired) electrons. The van der Waals surface area contributed by atoms with Crippen molar-refractivity contribution in [2.24, 2.45) is 0 Å². The van der Waals surface area contributed by atoms with Gasteiger partial charge in [0, 0.05) is 12.8 Å². The molecule has 2 unspecified atom stereocenters. The van der Waals surface area contributed by atoms with Gasteiger partial charge in [0.2, 0.25) is 5.91 Å². The molecule has 0 fully saturated rings. The molecule has 0 aliphatic carbocycles. The van der Waals surface area contributed by atoms with Gasteiger partial charge in [-0.2, -0.15) is 0 Å². The average molecular weight is 907 g/mol. The van der Waals surface area contributed by atoms with Crippen LogP contribution in [0, 0.1) is 0 Å². The molecular formula is C58H115NO5. The van der Waals surface area contributed by atoms with Gasteiger partial charge in [-0.1, -0.05) is 296 Å². The first-order valence-corrected chi connectivity index (χ1v) is 29.3. The largest absolute Gasteiger partial charge is 0.466 e. The maximum atomic E-state index is 12.4. The highest BCUT2D eigenvalue weighted by Crippen LogP contribution is 2.18. The molecule has 382 valence electrons. The standard InChI is InChI=1S/C58H115NO5/c1-3-5-7-9-11-13-31-36-40-44-48-52-58(63)64-53-49-45-41-37-33-30-28-26-24-22-20-18-16-14-15-17-19-21-23-25-27-29-32-35-39-43-47-51-57(62)59-55(54-60)56(61)50-46-42-38-34-12-10-8-6-4-2/h55-56,60-61H,3-54H2,1-2H3,(H,59,62). The molecule has 0 aliphatic rings. The van der Waals surface area contributed by atoms with Gasteiger partial charge in [-0.25, -0.2) is 0 Å². The minimum atomic E-state index is -0.658. The lowest BCUT2D eigenvalue weighted by atomic mass is 10.0. The molecule has 0 saturated heterocycles. The van der Waals surface area contributed by atoms with Crippen LogP contribution >= 0.6 is 0 Å². The molecule has 3 N–H and O–H groups in total. The number of nitrogens with one attached hydrogen (secondary N) is 1. The molecule has 0 aromatic heterocycles. The normalized spacial score (nSPS) is 12.5. The van der Waals surface area contributed by atoms with Crippen molar-refractivity contribution >= 4 is 11.9 Å². The van der Waals surface area contributed by atoms with E-state index in [4.69, 9.17) is 4.74 Å². The first-order valence-electron chi connectivity index (χ1n) is 29.3. The first kappa shape index (κ1) is 62.9. The molecule has 1 amide bonds. The lowest BCUT2D eigenvalue weighted by Crippen LogP contribution is -2.45. The van der Waals surface area contributed by atoms with E-state index in [-0.39, 0.29) is 18.5 Å². The van der Waals surface area contributed by atoms with E-state index in [1.54, 1.807) is 0 Å². The summed E-state index contributed by atoms with van der Waals surface area (Å²) in [4.78, 5) is 24.4. The lowest BCUT2D eigenvalue weighted by molar-refractivity contribution is -0.143. The van der Waals surface area contributed by atoms with Crippen molar-refractivity contribution in [3.05, 3.63) is 0 Å². The molecule has 0 bridgehead atoms. The Kier molecular flexibility index (Phi) is 53.5. The van der Waals surface area contributed by atoms with Crippen molar-refractivity contribution in [2.45, 2.75) is 347 Å². The smallest absolute Gasteiger partial charge is 0.305 e. The zero-order valence-electron chi connectivity index (χ0n) is 43.5. The number of unbranched alkanes of at least 4 members (excludes halogenated alkanes) is 44. The van der Waals surface area contributed by atoms with E-state index < -0.39 is 12.1 Å². The monoisotopic (exact) mass is 906 g/mol. The van der Waals surface area contributed by atoms with Gasteiger partial charge >= 0.3 is 5.97 Å². The molecule has 6 heteroatoms. The van der Waals surface area contributed by atoms with Crippen molar-refractivity contribution in [1.82, 2.24) is 5.32 Å². The van der Waals surface area contributed by atoms with Crippen LogP contribution in [0.1, 0.15) is 335 Å². The Morgan fingerprint density at radius 2 is 0.641 bits per heavy atom. The van der Waals surface area contributed by atoms with Crippen LogP contribution < -0.4 is 5.32 Å². The summed E-state index contributed by atoms with van der Waals surface area (Å²) in [6.45, 7) is 4.95. The van der Waals surface area contributed by atoms with Crippen molar-refractivity contribution in [2.75, 3.05) is 13.2 Å². The fraction of sp³-hybridized carbons (Fsp3) is 0.966. The number of carbonyl (C=O) groups is 2. The zero-order chi connectivity index (χ0) is 46.5. The predicted molar refractivity (Wildman–Crippen MR) is 278 cm³/mol. The van der Waals surface area contributed by atoms with Crippen LogP contribution in [0.5, 0.6) is 0 Å². The van der Waals surface area contributed by atoms with Crippen molar-refractivity contribution in [3.63, 3.8) is 0 Å². The topological polar surface area (TPSA) is 95.9 Å². The third-order valence-electron chi connectivity index (χ3n) is 13.9. The predicted octanol–water partition coefficient (Wildman–Crippen LogP) is 17.9. The lowest BCUT2D eigenvalue weighted by Gasteiger charge is -2.22. The number of esters is 1. The van der Waals surface area contributed by atoms with Crippen LogP contribution in [0.3, 0.4) is 0 Å². The molecule has 0 rings (SSSR count). The summed E-state index contributed by atoms with van der Waals surface area (Å²) in [5.41, 5.74) is 0. The number of amides is 1. The Bertz CT molecular complexity index is 913. The maximum Gasteiger partial charge on any atom is 0.305 e. The highest BCUT2D eigenvalue weighted by Gasteiger charge is 2.20. The molecule has 2 atom stereocenters. The third-order valence-corrected chi connectivity index (χ3v) is 13.9. The van der Waals surface area contributed by atoms with Crippen molar-refractivity contribution < 1.29 is 24.5 Å². The highest BCUT2D eigenvalue weighted by atomic mass is 16.5. The highest BCUT2D eigenvalue weighted by molar-refractivity contribution is 5.76. The summed E-state index contributed by atoms with van der Waals surface area (Å²) in [6, 6.07) is -0.535. The summed E-state index contributed by atoms with van der Waals surface area (Å²) in [7, 11) is 0. The van der Waals surface area contributed by atoms with Gasteiger partial charge in [0.05, 0.1) is 25.4 Å².